The third-order valence-corrected chi connectivity index (χ3v) is 7.14. The minimum absolute atomic E-state index is 0.0137. The molecule has 0 unspecified atom stereocenters. The van der Waals surface area contributed by atoms with Gasteiger partial charge in [-0.25, -0.2) is 0 Å². The molecule has 0 aromatic heterocycles. The highest BCUT2D eigenvalue weighted by molar-refractivity contribution is 7.99. The standard InChI is InChI=1S/C31H38N2O2S/c1-4-5-18-32-31(35)29(20-26-11-7-6-8-12-26)33(21-28-13-9-10-25(3)19-28)30(34)23-36-22-27-16-14-24(2)15-17-27/h6-17,19,29H,4-5,18,20-23H2,1-3H3,(H,32,35)/t29-/m1/s1. The van der Waals surface area contributed by atoms with E-state index < -0.39 is 6.04 Å². The lowest BCUT2D eigenvalue weighted by Crippen LogP contribution is -2.51. The maximum Gasteiger partial charge on any atom is 0.243 e. The SMILES string of the molecule is CCCCNC(=O)[C@@H](Cc1ccccc1)N(Cc1cccc(C)c1)C(=O)CSCc1ccc(C)cc1. The summed E-state index contributed by atoms with van der Waals surface area (Å²) in [5.41, 5.74) is 5.64. The Morgan fingerprint density at radius 2 is 1.58 bits per heavy atom. The van der Waals surface area contributed by atoms with Crippen molar-refractivity contribution in [3.63, 3.8) is 0 Å². The number of hydrogen-bond donors (Lipinski definition) is 1. The normalized spacial score (nSPS) is 11.6. The maximum atomic E-state index is 13.7. The second-order valence-corrected chi connectivity index (χ2v) is 10.3. The average molecular weight is 503 g/mol. The van der Waals surface area contributed by atoms with Gasteiger partial charge < -0.3 is 10.2 Å². The van der Waals surface area contributed by atoms with E-state index in [-0.39, 0.29) is 11.8 Å². The van der Waals surface area contributed by atoms with Crippen LogP contribution in [0.2, 0.25) is 0 Å². The molecule has 1 N–H and O–H groups in total. The lowest BCUT2D eigenvalue weighted by molar-refractivity contribution is -0.139. The number of benzene rings is 3. The first-order valence-corrected chi connectivity index (χ1v) is 13.9. The monoisotopic (exact) mass is 502 g/mol. The topological polar surface area (TPSA) is 49.4 Å². The molecule has 0 aliphatic rings. The van der Waals surface area contributed by atoms with Crippen LogP contribution in [0, 0.1) is 13.8 Å². The molecule has 3 aromatic rings. The highest BCUT2D eigenvalue weighted by atomic mass is 32.2. The summed E-state index contributed by atoms with van der Waals surface area (Å²) < 4.78 is 0. The molecule has 0 saturated heterocycles. The van der Waals surface area contributed by atoms with E-state index in [1.54, 1.807) is 16.7 Å². The molecule has 0 saturated carbocycles. The van der Waals surface area contributed by atoms with Gasteiger partial charge in [-0.15, -0.1) is 11.8 Å². The zero-order valence-electron chi connectivity index (χ0n) is 21.7. The molecule has 36 heavy (non-hydrogen) atoms. The second kappa shape index (κ2) is 14.5. The highest BCUT2D eigenvalue weighted by Gasteiger charge is 2.30. The third-order valence-electron chi connectivity index (χ3n) is 6.15. The quantitative estimate of drug-likeness (QED) is 0.288. The first-order chi connectivity index (χ1) is 17.5. The van der Waals surface area contributed by atoms with E-state index in [9.17, 15) is 9.59 Å². The van der Waals surface area contributed by atoms with Gasteiger partial charge in [0.25, 0.3) is 0 Å². The lowest BCUT2D eigenvalue weighted by Gasteiger charge is -2.31. The Morgan fingerprint density at radius 1 is 0.861 bits per heavy atom. The Hall–Kier alpha value is -3.05. The summed E-state index contributed by atoms with van der Waals surface area (Å²) in [5, 5.41) is 3.08. The first-order valence-electron chi connectivity index (χ1n) is 12.8. The number of hydrogen-bond acceptors (Lipinski definition) is 3. The van der Waals surface area contributed by atoms with Crippen molar-refractivity contribution in [3.05, 3.63) is 107 Å². The second-order valence-electron chi connectivity index (χ2n) is 9.34. The fraction of sp³-hybridized carbons (Fsp3) is 0.355. The maximum absolute atomic E-state index is 13.7. The number of amides is 2. The van der Waals surface area contributed by atoms with Gasteiger partial charge in [-0.3, -0.25) is 9.59 Å². The van der Waals surface area contributed by atoms with Crippen molar-refractivity contribution in [2.75, 3.05) is 12.3 Å². The van der Waals surface area contributed by atoms with Crippen LogP contribution in [0.25, 0.3) is 0 Å². The van der Waals surface area contributed by atoms with Gasteiger partial charge in [0.1, 0.15) is 6.04 Å². The fourth-order valence-electron chi connectivity index (χ4n) is 4.09. The van der Waals surface area contributed by atoms with Crippen molar-refractivity contribution in [1.82, 2.24) is 10.2 Å². The van der Waals surface area contributed by atoms with E-state index in [0.29, 0.717) is 25.3 Å². The van der Waals surface area contributed by atoms with Crippen molar-refractivity contribution < 1.29 is 9.59 Å². The summed E-state index contributed by atoms with van der Waals surface area (Å²) in [5.74, 6) is 0.987. The van der Waals surface area contributed by atoms with E-state index >= 15 is 0 Å². The van der Waals surface area contributed by atoms with Crippen LogP contribution in [0.15, 0.2) is 78.9 Å². The smallest absolute Gasteiger partial charge is 0.243 e. The zero-order chi connectivity index (χ0) is 25.8. The molecule has 190 valence electrons. The van der Waals surface area contributed by atoms with Gasteiger partial charge in [0.2, 0.25) is 11.8 Å². The Labute approximate surface area is 220 Å². The van der Waals surface area contributed by atoms with E-state index in [1.165, 1.54) is 11.1 Å². The number of carbonyl (C=O) groups is 2. The Morgan fingerprint density at radius 3 is 2.28 bits per heavy atom. The third kappa shape index (κ3) is 8.87. The molecule has 1 atom stereocenters. The largest absolute Gasteiger partial charge is 0.354 e. The molecule has 0 bridgehead atoms. The number of nitrogens with zero attached hydrogens (tertiary/aromatic N) is 1. The van der Waals surface area contributed by atoms with E-state index in [2.05, 4.69) is 49.5 Å². The molecule has 0 heterocycles. The summed E-state index contributed by atoms with van der Waals surface area (Å²) in [6.45, 7) is 7.25. The van der Waals surface area contributed by atoms with Crippen LogP contribution < -0.4 is 5.32 Å². The van der Waals surface area contributed by atoms with Crippen LogP contribution in [0.3, 0.4) is 0 Å². The van der Waals surface area contributed by atoms with Crippen LogP contribution in [-0.4, -0.2) is 35.1 Å². The van der Waals surface area contributed by atoms with E-state index in [1.807, 2.05) is 55.5 Å². The molecular formula is C31H38N2O2S. The highest BCUT2D eigenvalue weighted by Crippen LogP contribution is 2.19. The van der Waals surface area contributed by atoms with Crippen molar-refractivity contribution >= 4 is 23.6 Å². The Balaban J connectivity index is 1.82. The molecule has 0 spiro atoms. The molecule has 5 heteroatoms. The predicted octanol–water partition coefficient (Wildman–Crippen LogP) is 6.09. The summed E-state index contributed by atoms with van der Waals surface area (Å²) >= 11 is 1.60. The fourth-order valence-corrected chi connectivity index (χ4v) is 4.96. The molecule has 4 nitrogen and oxygen atoms in total. The molecule has 3 rings (SSSR count). The molecule has 2 amide bonds. The van der Waals surface area contributed by atoms with Crippen LogP contribution in [-0.2, 0) is 28.3 Å². The summed E-state index contributed by atoms with van der Waals surface area (Å²) in [4.78, 5) is 28.9. The van der Waals surface area contributed by atoms with Gasteiger partial charge >= 0.3 is 0 Å². The molecular weight excluding hydrogens is 464 g/mol. The van der Waals surface area contributed by atoms with Crippen molar-refractivity contribution in [2.45, 2.75) is 58.4 Å². The van der Waals surface area contributed by atoms with Crippen molar-refractivity contribution in [3.8, 4) is 0 Å². The van der Waals surface area contributed by atoms with Gasteiger partial charge in [-0.05, 0) is 37.0 Å². The van der Waals surface area contributed by atoms with Gasteiger partial charge in [0.15, 0.2) is 0 Å². The zero-order valence-corrected chi connectivity index (χ0v) is 22.5. The number of nitrogens with one attached hydrogen (secondary N) is 1. The van der Waals surface area contributed by atoms with Gasteiger partial charge in [0.05, 0.1) is 5.75 Å². The summed E-state index contributed by atoms with van der Waals surface area (Å²) in [6, 6.07) is 26.0. The average Bonchev–Trinajstić information content (AvgIpc) is 2.88. The van der Waals surface area contributed by atoms with Gasteiger partial charge in [-0.2, -0.15) is 0 Å². The van der Waals surface area contributed by atoms with Crippen molar-refractivity contribution in [2.24, 2.45) is 0 Å². The van der Waals surface area contributed by atoms with Crippen LogP contribution in [0.5, 0.6) is 0 Å². The number of unbranched alkanes of at least 4 members (excludes halogenated alkanes) is 1. The van der Waals surface area contributed by atoms with Crippen LogP contribution in [0.1, 0.15) is 47.6 Å². The Kier molecular flexibility index (Phi) is 11.1. The van der Waals surface area contributed by atoms with Crippen LogP contribution in [0.4, 0.5) is 0 Å². The molecule has 3 aromatic carbocycles. The van der Waals surface area contributed by atoms with Gasteiger partial charge in [-0.1, -0.05) is 103 Å². The predicted molar refractivity (Wildman–Crippen MR) is 151 cm³/mol. The molecule has 0 aliphatic heterocycles. The Bertz CT molecular complexity index is 1100. The minimum Gasteiger partial charge on any atom is -0.354 e. The number of aryl methyl sites for hydroxylation is 2. The first kappa shape index (κ1) is 27.5. The van der Waals surface area contributed by atoms with Crippen molar-refractivity contribution in [1.29, 1.82) is 0 Å². The summed E-state index contributed by atoms with van der Waals surface area (Å²) in [7, 11) is 0. The minimum atomic E-state index is -0.572. The summed E-state index contributed by atoms with van der Waals surface area (Å²) in [6.07, 6.45) is 2.41. The number of carbonyl (C=O) groups excluding carboxylic acids is 2. The van der Waals surface area contributed by atoms with Crippen LogP contribution >= 0.6 is 11.8 Å². The molecule has 0 fully saturated rings. The molecule has 0 radical (unpaired) electrons. The number of thioether (sulfide) groups is 1. The number of rotatable bonds is 13. The molecule has 0 aliphatic carbocycles. The van der Waals surface area contributed by atoms with Gasteiger partial charge in [0, 0.05) is 25.3 Å². The lowest BCUT2D eigenvalue weighted by atomic mass is 10.0. The van der Waals surface area contributed by atoms with E-state index in [4.69, 9.17) is 0 Å². The van der Waals surface area contributed by atoms with E-state index in [0.717, 1.165) is 35.3 Å².